The van der Waals surface area contributed by atoms with Crippen LogP contribution in [-0.2, 0) is 6.54 Å². The SMILES string of the molecule is CC1(C)CN(Cc2ccccc2)C=C1NNCl. The summed E-state index contributed by atoms with van der Waals surface area (Å²) in [6.07, 6.45) is 2.13. The van der Waals surface area contributed by atoms with Crippen molar-refractivity contribution in [3.8, 4) is 0 Å². The summed E-state index contributed by atoms with van der Waals surface area (Å²) in [6.45, 7) is 6.32. The zero-order valence-electron chi connectivity index (χ0n) is 10.2. The number of halogens is 1. The molecule has 2 rings (SSSR count). The van der Waals surface area contributed by atoms with Crippen LogP contribution in [-0.4, -0.2) is 11.4 Å². The first-order valence-corrected chi connectivity index (χ1v) is 6.11. The van der Waals surface area contributed by atoms with Gasteiger partial charge in [-0.1, -0.05) is 44.2 Å². The van der Waals surface area contributed by atoms with Crippen molar-refractivity contribution in [2.45, 2.75) is 20.4 Å². The minimum Gasteiger partial charge on any atom is -0.371 e. The van der Waals surface area contributed by atoms with Crippen LogP contribution < -0.4 is 10.4 Å². The van der Waals surface area contributed by atoms with E-state index in [2.05, 4.69) is 59.6 Å². The molecule has 0 amide bonds. The summed E-state index contributed by atoms with van der Waals surface area (Å²) in [5.41, 5.74) is 5.51. The van der Waals surface area contributed by atoms with Gasteiger partial charge in [-0.15, -0.1) is 4.94 Å². The Morgan fingerprint density at radius 2 is 2.00 bits per heavy atom. The fraction of sp³-hybridized carbons (Fsp3) is 0.385. The molecule has 1 aromatic carbocycles. The second-order valence-electron chi connectivity index (χ2n) is 5.04. The first kappa shape index (κ1) is 12.3. The topological polar surface area (TPSA) is 27.3 Å². The van der Waals surface area contributed by atoms with Crippen LogP contribution in [0.5, 0.6) is 0 Å². The van der Waals surface area contributed by atoms with E-state index in [0.29, 0.717) is 0 Å². The van der Waals surface area contributed by atoms with Crippen LogP contribution in [0.3, 0.4) is 0 Å². The van der Waals surface area contributed by atoms with E-state index in [0.717, 1.165) is 18.8 Å². The lowest BCUT2D eigenvalue weighted by Gasteiger charge is -2.24. The van der Waals surface area contributed by atoms with Gasteiger partial charge in [0.1, 0.15) is 0 Å². The predicted octanol–water partition coefficient (Wildman–Crippen LogP) is 2.62. The number of benzene rings is 1. The van der Waals surface area contributed by atoms with Crippen LogP contribution in [0.1, 0.15) is 19.4 Å². The molecule has 1 aromatic rings. The van der Waals surface area contributed by atoms with Crippen molar-refractivity contribution in [3.05, 3.63) is 47.8 Å². The van der Waals surface area contributed by atoms with Crippen molar-refractivity contribution < 1.29 is 0 Å². The molecule has 4 heteroatoms. The maximum Gasteiger partial charge on any atom is 0.0506 e. The summed E-state index contributed by atoms with van der Waals surface area (Å²) < 4.78 is 0. The van der Waals surface area contributed by atoms with E-state index < -0.39 is 0 Å². The number of hydrogen-bond acceptors (Lipinski definition) is 3. The molecule has 2 N–H and O–H groups in total. The second kappa shape index (κ2) is 4.98. The average Bonchev–Trinajstić information content (AvgIpc) is 2.55. The van der Waals surface area contributed by atoms with E-state index in [1.54, 1.807) is 0 Å². The summed E-state index contributed by atoms with van der Waals surface area (Å²) in [5.74, 6) is 0. The zero-order chi connectivity index (χ0) is 12.3. The number of rotatable bonds is 4. The van der Waals surface area contributed by atoms with Crippen LogP contribution in [0.2, 0.25) is 0 Å². The lowest BCUT2D eigenvalue weighted by atomic mass is 9.92. The summed E-state index contributed by atoms with van der Waals surface area (Å²) in [4.78, 5) is 4.77. The Labute approximate surface area is 108 Å². The molecule has 3 nitrogen and oxygen atoms in total. The molecule has 1 aliphatic rings. The monoisotopic (exact) mass is 251 g/mol. The highest BCUT2D eigenvalue weighted by atomic mass is 35.5. The number of hydrazine groups is 1. The smallest absolute Gasteiger partial charge is 0.0506 e. The van der Waals surface area contributed by atoms with Gasteiger partial charge in [-0.05, 0) is 17.3 Å². The molecule has 0 aliphatic carbocycles. The summed E-state index contributed by atoms with van der Waals surface area (Å²) in [6, 6.07) is 10.5. The highest BCUT2D eigenvalue weighted by molar-refractivity contribution is 6.13. The third-order valence-corrected chi connectivity index (χ3v) is 3.14. The number of nitrogens with one attached hydrogen (secondary N) is 2. The Hall–Kier alpha value is -1.19. The number of nitrogens with zero attached hydrogens (tertiary/aromatic N) is 1. The van der Waals surface area contributed by atoms with E-state index in [1.807, 2.05) is 6.07 Å². The quantitative estimate of drug-likeness (QED) is 0.636. The Morgan fingerprint density at radius 3 is 2.65 bits per heavy atom. The molecule has 0 bridgehead atoms. The normalized spacial score (nSPS) is 18.1. The summed E-state index contributed by atoms with van der Waals surface area (Å²) in [7, 11) is 0. The molecule has 17 heavy (non-hydrogen) atoms. The molecule has 0 fully saturated rings. The van der Waals surface area contributed by atoms with Gasteiger partial charge in [-0.3, -0.25) is 0 Å². The largest absolute Gasteiger partial charge is 0.371 e. The van der Waals surface area contributed by atoms with Gasteiger partial charge in [0, 0.05) is 24.7 Å². The van der Waals surface area contributed by atoms with Crippen molar-refractivity contribution in [3.63, 3.8) is 0 Å². The fourth-order valence-electron chi connectivity index (χ4n) is 2.17. The molecule has 0 atom stereocenters. The molecule has 0 saturated carbocycles. The molecular weight excluding hydrogens is 234 g/mol. The fourth-order valence-corrected chi connectivity index (χ4v) is 2.27. The van der Waals surface area contributed by atoms with Crippen molar-refractivity contribution in [2.75, 3.05) is 6.54 Å². The highest BCUT2D eigenvalue weighted by Gasteiger charge is 2.31. The highest BCUT2D eigenvalue weighted by Crippen LogP contribution is 2.32. The van der Waals surface area contributed by atoms with Crippen molar-refractivity contribution in [2.24, 2.45) is 5.41 Å². The van der Waals surface area contributed by atoms with Gasteiger partial charge in [-0.25, -0.2) is 0 Å². The second-order valence-corrected chi connectivity index (χ2v) is 5.23. The molecule has 0 spiro atoms. The lowest BCUT2D eigenvalue weighted by molar-refractivity contribution is 0.299. The van der Waals surface area contributed by atoms with Crippen LogP contribution in [0.15, 0.2) is 42.2 Å². The summed E-state index contributed by atoms with van der Waals surface area (Å²) in [5, 5.41) is 0. The van der Waals surface area contributed by atoms with Gasteiger partial charge in [0.2, 0.25) is 0 Å². The van der Waals surface area contributed by atoms with Gasteiger partial charge >= 0.3 is 0 Å². The first-order valence-electron chi connectivity index (χ1n) is 5.74. The van der Waals surface area contributed by atoms with Gasteiger partial charge in [0.25, 0.3) is 0 Å². The van der Waals surface area contributed by atoms with Crippen LogP contribution >= 0.6 is 11.8 Å². The van der Waals surface area contributed by atoms with E-state index in [9.17, 15) is 0 Å². The molecule has 0 unspecified atom stereocenters. The van der Waals surface area contributed by atoms with Crippen LogP contribution in [0.4, 0.5) is 0 Å². The summed E-state index contributed by atoms with van der Waals surface area (Å²) >= 11 is 5.50. The minimum atomic E-state index is 0.0939. The lowest BCUT2D eigenvalue weighted by Crippen LogP contribution is -2.32. The molecule has 0 radical (unpaired) electrons. The molecule has 0 saturated heterocycles. The van der Waals surface area contributed by atoms with Gasteiger partial charge in [0.15, 0.2) is 0 Å². The average molecular weight is 252 g/mol. The maximum atomic E-state index is 5.50. The van der Waals surface area contributed by atoms with Crippen molar-refractivity contribution >= 4 is 11.8 Å². The van der Waals surface area contributed by atoms with Gasteiger partial charge in [-0.2, -0.15) is 0 Å². The Kier molecular flexibility index (Phi) is 3.60. The first-order chi connectivity index (χ1) is 8.12. The van der Waals surface area contributed by atoms with Gasteiger partial charge in [0.05, 0.1) is 5.70 Å². The molecular formula is C13H18ClN3. The van der Waals surface area contributed by atoms with Gasteiger partial charge < -0.3 is 10.3 Å². The molecule has 0 aromatic heterocycles. The third kappa shape index (κ3) is 2.93. The van der Waals surface area contributed by atoms with Crippen molar-refractivity contribution in [1.82, 2.24) is 15.3 Å². The maximum absolute atomic E-state index is 5.50. The number of hydrogen-bond donors (Lipinski definition) is 2. The molecule has 92 valence electrons. The van der Waals surface area contributed by atoms with Crippen LogP contribution in [0.25, 0.3) is 0 Å². The minimum absolute atomic E-state index is 0.0939. The standard InChI is InChI=1S/C13H18ClN3/c1-13(2)10-17(9-12(13)15-16-14)8-11-6-4-3-5-7-11/h3-7,9,15-16H,8,10H2,1-2H3. The predicted molar refractivity (Wildman–Crippen MR) is 70.8 cm³/mol. The van der Waals surface area contributed by atoms with E-state index in [-0.39, 0.29) is 5.41 Å². The van der Waals surface area contributed by atoms with Crippen LogP contribution in [0, 0.1) is 5.41 Å². The third-order valence-electron chi connectivity index (χ3n) is 3.05. The Balaban J connectivity index is 2.05. The van der Waals surface area contributed by atoms with E-state index in [4.69, 9.17) is 11.8 Å². The van der Waals surface area contributed by atoms with Crippen molar-refractivity contribution in [1.29, 1.82) is 0 Å². The van der Waals surface area contributed by atoms with E-state index in [1.165, 1.54) is 5.56 Å². The Morgan fingerprint density at radius 1 is 1.29 bits per heavy atom. The molecule has 1 heterocycles. The zero-order valence-corrected chi connectivity index (χ0v) is 11.0. The Bertz CT molecular complexity index is 400. The van der Waals surface area contributed by atoms with E-state index >= 15 is 0 Å². The molecule has 1 aliphatic heterocycles.